The first-order chi connectivity index (χ1) is 13.0. The van der Waals surface area contributed by atoms with E-state index >= 15 is 0 Å². The molecule has 0 unspecified atom stereocenters. The van der Waals surface area contributed by atoms with Crippen LogP contribution in [0.15, 0.2) is 38.7 Å². The Morgan fingerprint density at radius 2 is 2.15 bits per heavy atom. The van der Waals surface area contributed by atoms with Crippen molar-refractivity contribution in [2.24, 2.45) is 5.73 Å². The summed E-state index contributed by atoms with van der Waals surface area (Å²) >= 11 is 13.9. The van der Waals surface area contributed by atoms with E-state index in [0.717, 1.165) is 5.69 Å². The van der Waals surface area contributed by atoms with Crippen LogP contribution in [0, 0.1) is 0 Å². The smallest absolute Gasteiger partial charge is 0.233 e. The molecule has 4 heterocycles. The molecule has 0 amide bonds. The van der Waals surface area contributed by atoms with Gasteiger partial charge in [-0.3, -0.25) is 0 Å². The van der Waals surface area contributed by atoms with Gasteiger partial charge in [-0.15, -0.1) is 11.3 Å². The summed E-state index contributed by atoms with van der Waals surface area (Å²) in [4.78, 5) is 9.85. The molecule has 3 N–H and O–H groups in total. The van der Waals surface area contributed by atoms with Crippen LogP contribution in [-0.4, -0.2) is 16.0 Å². The molecule has 0 radical (unpaired) electrons. The van der Waals surface area contributed by atoms with E-state index in [1.54, 1.807) is 17.4 Å². The van der Waals surface area contributed by atoms with Gasteiger partial charge in [0.1, 0.15) is 28.3 Å². The number of oxazole rings is 1. The summed E-state index contributed by atoms with van der Waals surface area (Å²) in [5.74, 6) is 0.959. The molecule has 1 atom stereocenters. The van der Waals surface area contributed by atoms with Crippen molar-refractivity contribution < 1.29 is 8.83 Å². The van der Waals surface area contributed by atoms with Crippen molar-refractivity contribution >= 4 is 51.3 Å². The Kier molecular flexibility index (Phi) is 5.10. The number of halogens is 2. The minimum absolute atomic E-state index is 0.118. The lowest BCUT2D eigenvalue weighted by Gasteiger charge is -2.06. The first kappa shape index (κ1) is 18.3. The van der Waals surface area contributed by atoms with Crippen molar-refractivity contribution in [2.75, 3.05) is 5.32 Å². The minimum Gasteiger partial charge on any atom is -0.456 e. The maximum Gasteiger partial charge on any atom is 0.233 e. The molecule has 0 aliphatic rings. The summed E-state index contributed by atoms with van der Waals surface area (Å²) in [5.41, 5.74) is 8.50. The maximum atomic E-state index is 6.27. The van der Waals surface area contributed by atoms with E-state index in [4.69, 9.17) is 37.8 Å². The Morgan fingerprint density at radius 1 is 1.30 bits per heavy atom. The van der Waals surface area contributed by atoms with E-state index in [2.05, 4.69) is 21.4 Å². The number of pyridine rings is 1. The van der Waals surface area contributed by atoms with Crippen LogP contribution in [0.2, 0.25) is 10.3 Å². The SMILES string of the molecule is C[C@H](N)Cc1oc2c(NCc3cccs3)cc(Cl)nc2c1-c1nc(Cl)co1. The number of fused-ring (bicyclic) bond motifs is 1. The second-order valence-corrected chi connectivity index (χ2v) is 7.97. The van der Waals surface area contributed by atoms with Gasteiger partial charge < -0.3 is 19.9 Å². The molecular formula is C18H16Cl2N4O2S. The van der Waals surface area contributed by atoms with Gasteiger partial charge in [0.15, 0.2) is 10.7 Å². The number of hydrogen-bond donors (Lipinski definition) is 2. The summed E-state index contributed by atoms with van der Waals surface area (Å²) in [6.07, 6.45) is 1.86. The van der Waals surface area contributed by atoms with Gasteiger partial charge in [0.25, 0.3) is 0 Å². The maximum absolute atomic E-state index is 6.27. The van der Waals surface area contributed by atoms with Gasteiger partial charge in [-0.1, -0.05) is 29.3 Å². The van der Waals surface area contributed by atoms with Crippen LogP contribution in [0.25, 0.3) is 22.6 Å². The van der Waals surface area contributed by atoms with E-state index in [-0.39, 0.29) is 11.2 Å². The van der Waals surface area contributed by atoms with Crippen molar-refractivity contribution in [3.05, 3.63) is 50.8 Å². The topological polar surface area (TPSA) is 90.1 Å². The van der Waals surface area contributed by atoms with Crippen LogP contribution in [0.5, 0.6) is 0 Å². The third kappa shape index (κ3) is 3.82. The Hall–Kier alpha value is -2.06. The second-order valence-electron chi connectivity index (χ2n) is 6.16. The zero-order valence-corrected chi connectivity index (χ0v) is 16.7. The summed E-state index contributed by atoms with van der Waals surface area (Å²) in [5, 5.41) is 5.99. The molecule has 0 aliphatic carbocycles. The van der Waals surface area contributed by atoms with Gasteiger partial charge in [-0.2, -0.15) is 4.98 Å². The molecule has 4 rings (SSSR count). The van der Waals surface area contributed by atoms with Gasteiger partial charge in [0.05, 0.1) is 5.69 Å². The van der Waals surface area contributed by atoms with Crippen LogP contribution in [0.4, 0.5) is 5.69 Å². The van der Waals surface area contributed by atoms with Crippen LogP contribution in [-0.2, 0) is 13.0 Å². The standard InChI is InChI=1S/C18H16Cl2N4O2S/c1-9(21)5-12-15(18-24-14(20)8-25-18)16-17(26-12)11(6-13(19)23-16)22-7-10-3-2-4-27-10/h2-4,6,8-9H,5,7,21H2,1H3,(H,22,23)/t9-/m0/s1. The van der Waals surface area contributed by atoms with Crippen molar-refractivity contribution in [2.45, 2.75) is 25.9 Å². The monoisotopic (exact) mass is 422 g/mol. The van der Waals surface area contributed by atoms with E-state index in [0.29, 0.717) is 46.4 Å². The van der Waals surface area contributed by atoms with Crippen molar-refractivity contribution in [1.82, 2.24) is 9.97 Å². The Morgan fingerprint density at radius 3 is 2.81 bits per heavy atom. The first-order valence-corrected chi connectivity index (χ1v) is 9.90. The molecule has 4 aromatic heterocycles. The van der Waals surface area contributed by atoms with E-state index in [9.17, 15) is 0 Å². The number of nitrogens with zero attached hydrogens (tertiary/aromatic N) is 2. The molecule has 0 saturated heterocycles. The zero-order chi connectivity index (χ0) is 19.0. The number of rotatable bonds is 6. The molecule has 9 heteroatoms. The highest BCUT2D eigenvalue weighted by atomic mass is 35.5. The molecule has 0 aromatic carbocycles. The Bertz CT molecular complexity index is 1070. The third-order valence-electron chi connectivity index (χ3n) is 3.91. The molecule has 140 valence electrons. The molecule has 0 fully saturated rings. The second kappa shape index (κ2) is 7.52. The largest absolute Gasteiger partial charge is 0.456 e. The van der Waals surface area contributed by atoms with Crippen LogP contribution < -0.4 is 11.1 Å². The molecule has 4 aromatic rings. The number of anilines is 1. The summed E-state index contributed by atoms with van der Waals surface area (Å²) in [6.45, 7) is 2.55. The van der Waals surface area contributed by atoms with E-state index in [1.165, 1.54) is 11.1 Å². The fourth-order valence-corrected chi connectivity index (χ4v) is 3.79. The average molecular weight is 423 g/mol. The van der Waals surface area contributed by atoms with Gasteiger partial charge in [-0.05, 0) is 18.4 Å². The average Bonchev–Trinajstić information content (AvgIpc) is 3.32. The number of aromatic nitrogens is 2. The zero-order valence-electron chi connectivity index (χ0n) is 14.3. The molecule has 27 heavy (non-hydrogen) atoms. The van der Waals surface area contributed by atoms with Gasteiger partial charge >= 0.3 is 0 Å². The van der Waals surface area contributed by atoms with Crippen LogP contribution >= 0.6 is 34.5 Å². The lowest BCUT2D eigenvalue weighted by atomic mass is 10.1. The molecule has 6 nitrogen and oxygen atoms in total. The number of furan rings is 1. The fraction of sp³-hybridized carbons (Fsp3) is 0.222. The summed E-state index contributed by atoms with van der Waals surface area (Å²) in [6, 6.07) is 5.69. The van der Waals surface area contributed by atoms with Crippen molar-refractivity contribution in [3.8, 4) is 11.5 Å². The molecular weight excluding hydrogens is 407 g/mol. The van der Waals surface area contributed by atoms with Gasteiger partial charge in [0.2, 0.25) is 5.89 Å². The van der Waals surface area contributed by atoms with E-state index in [1.807, 2.05) is 18.4 Å². The van der Waals surface area contributed by atoms with E-state index < -0.39 is 0 Å². The van der Waals surface area contributed by atoms with Crippen LogP contribution in [0.1, 0.15) is 17.6 Å². The lowest BCUT2D eigenvalue weighted by molar-refractivity contribution is 0.520. The van der Waals surface area contributed by atoms with Gasteiger partial charge in [-0.25, -0.2) is 4.98 Å². The van der Waals surface area contributed by atoms with Crippen LogP contribution in [0.3, 0.4) is 0 Å². The number of thiophene rings is 1. The molecule has 0 aliphatic heterocycles. The highest BCUT2D eigenvalue weighted by molar-refractivity contribution is 7.09. The highest BCUT2D eigenvalue weighted by Crippen LogP contribution is 2.39. The molecule has 0 bridgehead atoms. The predicted molar refractivity (Wildman–Crippen MR) is 109 cm³/mol. The Balaban J connectivity index is 1.84. The lowest BCUT2D eigenvalue weighted by Crippen LogP contribution is -2.17. The first-order valence-electron chi connectivity index (χ1n) is 8.26. The summed E-state index contributed by atoms with van der Waals surface area (Å²) in [7, 11) is 0. The highest BCUT2D eigenvalue weighted by Gasteiger charge is 2.24. The van der Waals surface area contributed by atoms with Crippen molar-refractivity contribution in [1.29, 1.82) is 0 Å². The van der Waals surface area contributed by atoms with Crippen molar-refractivity contribution in [3.63, 3.8) is 0 Å². The molecule has 0 saturated carbocycles. The predicted octanol–water partition coefficient (Wildman–Crippen LogP) is 5.35. The fourth-order valence-electron chi connectivity index (χ4n) is 2.83. The number of nitrogens with two attached hydrogens (primary N) is 1. The third-order valence-corrected chi connectivity index (χ3v) is 5.16. The normalized spacial score (nSPS) is 12.6. The quantitative estimate of drug-likeness (QED) is 0.406. The molecule has 0 spiro atoms. The number of nitrogens with one attached hydrogen (secondary N) is 1. The number of hydrogen-bond acceptors (Lipinski definition) is 7. The minimum atomic E-state index is -0.118. The van der Waals surface area contributed by atoms with Gasteiger partial charge in [0, 0.05) is 30.0 Å². The summed E-state index contributed by atoms with van der Waals surface area (Å²) < 4.78 is 11.6. The Labute approximate surface area is 169 Å².